The number of hydrogen-bond donors (Lipinski definition) is 1. The van der Waals surface area contributed by atoms with E-state index in [1.165, 1.54) is 19.3 Å². The number of alkyl halides is 1. The van der Waals surface area contributed by atoms with Gasteiger partial charge in [-0.2, -0.15) is 0 Å². The van der Waals surface area contributed by atoms with Crippen LogP contribution in [-0.4, -0.2) is 32.2 Å². The summed E-state index contributed by atoms with van der Waals surface area (Å²) >= 11 is 5.55. The molecule has 1 aromatic carbocycles. The van der Waals surface area contributed by atoms with Gasteiger partial charge >= 0.3 is 0 Å². The van der Waals surface area contributed by atoms with Gasteiger partial charge in [0.05, 0.1) is 6.61 Å². The van der Waals surface area contributed by atoms with Crippen LogP contribution in [0.5, 0.6) is 0 Å². The van der Waals surface area contributed by atoms with Crippen molar-refractivity contribution in [2.45, 2.75) is 31.6 Å². The van der Waals surface area contributed by atoms with Gasteiger partial charge in [0.25, 0.3) is 0 Å². The Morgan fingerprint density at radius 3 is 3.05 bits per heavy atom. The van der Waals surface area contributed by atoms with Crippen LogP contribution in [0.25, 0.3) is 0 Å². The second-order valence-electron chi connectivity index (χ2n) is 5.15. The van der Waals surface area contributed by atoms with E-state index in [4.69, 9.17) is 16.3 Å². The molecule has 0 bridgehead atoms. The Labute approximate surface area is 121 Å². The third kappa shape index (κ3) is 4.79. The van der Waals surface area contributed by atoms with Crippen LogP contribution < -0.4 is 5.32 Å². The molecule has 0 saturated heterocycles. The summed E-state index contributed by atoms with van der Waals surface area (Å²) in [6.45, 7) is 3.59. The van der Waals surface area contributed by atoms with Gasteiger partial charge < -0.3 is 10.1 Å². The summed E-state index contributed by atoms with van der Waals surface area (Å²) in [6.07, 6.45) is 4.94. The SMILES string of the molecule is ClCCOCCCNCC1CCCc2ccccc21. The lowest BCUT2D eigenvalue weighted by atomic mass is 9.83. The summed E-state index contributed by atoms with van der Waals surface area (Å²) < 4.78 is 5.36. The Balaban J connectivity index is 1.67. The topological polar surface area (TPSA) is 21.3 Å². The average Bonchev–Trinajstić information content (AvgIpc) is 2.46. The molecule has 0 saturated carbocycles. The van der Waals surface area contributed by atoms with Gasteiger partial charge in [-0.3, -0.25) is 0 Å². The van der Waals surface area contributed by atoms with Crippen LogP contribution in [0.1, 0.15) is 36.3 Å². The Morgan fingerprint density at radius 1 is 1.26 bits per heavy atom. The predicted octanol–water partition coefficient (Wildman–Crippen LogP) is 3.34. The van der Waals surface area contributed by atoms with Gasteiger partial charge in [0.15, 0.2) is 0 Å². The second kappa shape index (κ2) is 8.57. The Morgan fingerprint density at radius 2 is 2.16 bits per heavy atom. The number of halogens is 1. The Bertz CT molecular complexity index is 370. The largest absolute Gasteiger partial charge is 0.380 e. The zero-order valence-corrected chi connectivity index (χ0v) is 12.3. The lowest BCUT2D eigenvalue weighted by molar-refractivity contribution is 0.146. The van der Waals surface area contributed by atoms with Crippen LogP contribution in [0.2, 0.25) is 0 Å². The fraction of sp³-hybridized carbons (Fsp3) is 0.625. The molecule has 0 aromatic heterocycles. The first-order chi connectivity index (χ1) is 9.42. The van der Waals surface area contributed by atoms with Crippen molar-refractivity contribution in [3.8, 4) is 0 Å². The van der Waals surface area contributed by atoms with Crippen molar-refractivity contribution in [3.63, 3.8) is 0 Å². The molecule has 0 heterocycles. The van der Waals surface area contributed by atoms with E-state index in [0.29, 0.717) is 18.4 Å². The summed E-state index contributed by atoms with van der Waals surface area (Å²) in [5, 5.41) is 3.56. The molecule has 3 heteroatoms. The number of aryl methyl sites for hydroxylation is 1. The van der Waals surface area contributed by atoms with Crippen molar-refractivity contribution in [3.05, 3.63) is 35.4 Å². The smallest absolute Gasteiger partial charge is 0.0601 e. The number of benzene rings is 1. The summed E-state index contributed by atoms with van der Waals surface area (Å²) in [7, 11) is 0. The molecule has 0 aliphatic heterocycles. The first-order valence-electron chi connectivity index (χ1n) is 7.34. The van der Waals surface area contributed by atoms with Crippen molar-refractivity contribution in [1.82, 2.24) is 5.32 Å². The van der Waals surface area contributed by atoms with Crippen molar-refractivity contribution < 1.29 is 4.74 Å². The highest BCUT2D eigenvalue weighted by molar-refractivity contribution is 6.17. The third-order valence-electron chi connectivity index (χ3n) is 3.75. The van der Waals surface area contributed by atoms with Crippen molar-refractivity contribution in [2.24, 2.45) is 0 Å². The first kappa shape index (κ1) is 14.8. The number of hydrogen-bond acceptors (Lipinski definition) is 2. The highest BCUT2D eigenvalue weighted by Gasteiger charge is 2.18. The molecule has 1 aliphatic carbocycles. The molecule has 1 atom stereocenters. The monoisotopic (exact) mass is 281 g/mol. The standard InChI is InChI=1S/C16H24ClNO/c17-9-12-19-11-4-10-18-13-15-7-3-6-14-5-1-2-8-16(14)15/h1-2,5,8,15,18H,3-4,6-7,9-13H2. The quantitative estimate of drug-likeness (QED) is 0.583. The highest BCUT2D eigenvalue weighted by atomic mass is 35.5. The maximum atomic E-state index is 5.55. The van der Waals surface area contributed by atoms with Crippen molar-refractivity contribution >= 4 is 11.6 Å². The summed E-state index contributed by atoms with van der Waals surface area (Å²) in [5.74, 6) is 1.28. The third-order valence-corrected chi connectivity index (χ3v) is 3.90. The van der Waals surface area contributed by atoms with E-state index in [2.05, 4.69) is 29.6 Å². The lowest BCUT2D eigenvalue weighted by Crippen LogP contribution is -2.25. The molecule has 1 aliphatic rings. The fourth-order valence-electron chi connectivity index (χ4n) is 2.80. The van der Waals surface area contributed by atoms with Crippen LogP contribution in [0, 0.1) is 0 Å². The Hall–Kier alpha value is -0.570. The molecule has 0 fully saturated rings. The van der Waals surface area contributed by atoms with Gasteiger partial charge in [-0.25, -0.2) is 0 Å². The molecule has 2 rings (SSSR count). The first-order valence-corrected chi connectivity index (χ1v) is 7.87. The molecule has 2 nitrogen and oxygen atoms in total. The number of nitrogens with one attached hydrogen (secondary N) is 1. The molecule has 106 valence electrons. The average molecular weight is 282 g/mol. The van der Waals surface area contributed by atoms with Crippen LogP contribution >= 0.6 is 11.6 Å². The molecule has 0 amide bonds. The van der Waals surface area contributed by atoms with Crippen molar-refractivity contribution in [2.75, 3.05) is 32.2 Å². The van der Waals surface area contributed by atoms with E-state index in [-0.39, 0.29) is 0 Å². The maximum Gasteiger partial charge on any atom is 0.0601 e. The van der Waals surface area contributed by atoms with Gasteiger partial charge in [-0.1, -0.05) is 24.3 Å². The minimum Gasteiger partial charge on any atom is -0.380 e. The molecule has 1 N–H and O–H groups in total. The molecule has 1 aromatic rings. The van der Waals surface area contributed by atoms with Crippen LogP contribution in [0.3, 0.4) is 0 Å². The zero-order chi connectivity index (χ0) is 13.3. The highest BCUT2D eigenvalue weighted by Crippen LogP contribution is 2.30. The number of rotatable bonds is 8. The van der Waals surface area contributed by atoms with Crippen LogP contribution in [0.15, 0.2) is 24.3 Å². The molecule has 19 heavy (non-hydrogen) atoms. The summed E-state index contributed by atoms with van der Waals surface area (Å²) in [6, 6.07) is 8.89. The fourth-order valence-corrected chi connectivity index (χ4v) is 2.91. The second-order valence-corrected chi connectivity index (χ2v) is 5.52. The van der Waals surface area contributed by atoms with E-state index in [0.717, 1.165) is 26.1 Å². The predicted molar refractivity (Wildman–Crippen MR) is 81.1 cm³/mol. The number of fused-ring (bicyclic) bond motifs is 1. The van der Waals surface area contributed by atoms with E-state index < -0.39 is 0 Å². The molecule has 1 unspecified atom stereocenters. The molecule has 0 spiro atoms. The lowest BCUT2D eigenvalue weighted by Gasteiger charge is -2.25. The molecule has 0 radical (unpaired) electrons. The van der Waals surface area contributed by atoms with Crippen LogP contribution in [-0.2, 0) is 11.2 Å². The Kier molecular flexibility index (Phi) is 6.69. The zero-order valence-electron chi connectivity index (χ0n) is 11.5. The van der Waals surface area contributed by atoms with Gasteiger partial charge in [-0.15, -0.1) is 11.6 Å². The summed E-state index contributed by atoms with van der Waals surface area (Å²) in [4.78, 5) is 0. The summed E-state index contributed by atoms with van der Waals surface area (Å²) in [5.41, 5.74) is 3.10. The van der Waals surface area contributed by atoms with E-state index in [1.54, 1.807) is 11.1 Å². The number of ether oxygens (including phenoxy) is 1. The minimum absolute atomic E-state index is 0.590. The minimum atomic E-state index is 0.590. The molecular formula is C16H24ClNO. The van der Waals surface area contributed by atoms with Gasteiger partial charge in [0, 0.05) is 19.0 Å². The van der Waals surface area contributed by atoms with Crippen LogP contribution in [0.4, 0.5) is 0 Å². The maximum absolute atomic E-state index is 5.55. The van der Waals surface area contributed by atoms with E-state index in [9.17, 15) is 0 Å². The van der Waals surface area contributed by atoms with Gasteiger partial charge in [0.1, 0.15) is 0 Å². The van der Waals surface area contributed by atoms with Gasteiger partial charge in [-0.05, 0) is 49.3 Å². The molecular weight excluding hydrogens is 258 g/mol. The van der Waals surface area contributed by atoms with Crippen molar-refractivity contribution in [1.29, 1.82) is 0 Å². The van der Waals surface area contributed by atoms with E-state index in [1.807, 2.05) is 0 Å². The normalized spacial score (nSPS) is 18.3. The van der Waals surface area contributed by atoms with Gasteiger partial charge in [0.2, 0.25) is 0 Å². The van der Waals surface area contributed by atoms with E-state index >= 15 is 0 Å².